The summed E-state index contributed by atoms with van der Waals surface area (Å²) < 4.78 is 20.3. The van der Waals surface area contributed by atoms with Gasteiger partial charge in [0.15, 0.2) is 0 Å². The molecule has 1 saturated carbocycles. The van der Waals surface area contributed by atoms with Crippen molar-refractivity contribution in [1.82, 2.24) is 4.90 Å². The lowest BCUT2D eigenvalue weighted by Gasteiger charge is -2.46. The number of carbonyl (C=O) groups is 2. The molecule has 4 rings (SSSR count). The highest BCUT2D eigenvalue weighted by atomic mass is 19.1. The summed E-state index contributed by atoms with van der Waals surface area (Å²) in [5.41, 5.74) is 1.47. The molecule has 2 amide bonds. The van der Waals surface area contributed by atoms with Crippen LogP contribution in [0.4, 0.5) is 10.1 Å². The Bertz CT molecular complexity index is 1140. The minimum Gasteiger partial charge on any atom is -0.467 e. The summed E-state index contributed by atoms with van der Waals surface area (Å²) in [5, 5.41) is 3.13. The lowest BCUT2D eigenvalue weighted by Crippen LogP contribution is -2.60. The summed E-state index contributed by atoms with van der Waals surface area (Å²) in [4.78, 5) is 29.4. The Morgan fingerprint density at radius 1 is 1.03 bits per heavy atom. The van der Waals surface area contributed by atoms with E-state index in [1.165, 1.54) is 23.3 Å². The molecule has 34 heavy (non-hydrogen) atoms. The van der Waals surface area contributed by atoms with Crippen LogP contribution >= 0.6 is 0 Å². The van der Waals surface area contributed by atoms with Gasteiger partial charge in [-0.15, -0.1) is 0 Å². The van der Waals surface area contributed by atoms with Crippen LogP contribution in [0.2, 0.25) is 0 Å². The number of carbonyl (C=O) groups excluding carboxylic acids is 2. The van der Waals surface area contributed by atoms with Crippen LogP contribution in [0.25, 0.3) is 0 Å². The third-order valence-corrected chi connectivity index (χ3v) is 7.00. The van der Waals surface area contributed by atoms with E-state index in [2.05, 4.69) is 12.2 Å². The van der Waals surface area contributed by atoms with Crippen LogP contribution in [-0.2, 0) is 11.3 Å². The van der Waals surface area contributed by atoms with Crippen molar-refractivity contribution < 1.29 is 18.4 Å². The van der Waals surface area contributed by atoms with E-state index in [1.807, 2.05) is 32.0 Å². The molecule has 1 heterocycles. The van der Waals surface area contributed by atoms with Gasteiger partial charge in [-0.2, -0.15) is 0 Å². The normalized spacial score (nSPS) is 20.1. The van der Waals surface area contributed by atoms with Crippen LogP contribution in [-0.4, -0.2) is 22.3 Å². The van der Waals surface area contributed by atoms with Gasteiger partial charge >= 0.3 is 0 Å². The summed E-state index contributed by atoms with van der Waals surface area (Å²) in [5.74, 6) is -0.377. The Balaban J connectivity index is 1.79. The Hall–Kier alpha value is -3.41. The first kappa shape index (κ1) is 23.7. The number of para-hydroxylation sites is 1. The van der Waals surface area contributed by atoms with Gasteiger partial charge in [-0.1, -0.05) is 37.3 Å². The molecule has 0 atom stereocenters. The molecular formula is C28H31FN2O3. The predicted octanol–water partition coefficient (Wildman–Crippen LogP) is 6.27. The van der Waals surface area contributed by atoms with E-state index >= 15 is 0 Å². The fourth-order valence-electron chi connectivity index (χ4n) is 4.86. The second-order valence-electron chi connectivity index (χ2n) is 9.39. The third-order valence-electron chi connectivity index (χ3n) is 7.00. The average Bonchev–Trinajstić information content (AvgIpc) is 3.34. The van der Waals surface area contributed by atoms with Gasteiger partial charge in [0, 0.05) is 5.69 Å². The van der Waals surface area contributed by atoms with Crippen LogP contribution in [0, 0.1) is 25.6 Å². The highest BCUT2D eigenvalue weighted by molar-refractivity contribution is 6.04. The molecule has 1 N–H and O–H groups in total. The Labute approximate surface area is 200 Å². The van der Waals surface area contributed by atoms with Gasteiger partial charge in [-0.25, -0.2) is 4.39 Å². The number of nitrogens with zero attached hydrogens (tertiary/aromatic N) is 1. The number of rotatable bonds is 6. The summed E-state index contributed by atoms with van der Waals surface area (Å²) >= 11 is 0. The van der Waals surface area contributed by atoms with E-state index < -0.39 is 17.3 Å². The van der Waals surface area contributed by atoms with Gasteiger partial charge in [0.05, 0.1) is 18.4 Å². The monoisotopic (exact) mass is 462 g/mol. The fourth-order valence-corrected chi connectivity index (χ4v) is 4.86. The van der Waals surface area contributed by atoms with Crippen LogP contribution in [0.3, 0.4) is 0 Å². The molecule has 6 heteroatoms. The van der Waals surface area contributed by atoms with Gasteiger partial charge in [0.25, 0.3) is 5.91 Å². The van der Waals surface area contributed by atoms with Gasteiger partial charge in [-0.3, -0.25) is 9.59 Å². The molecule has 0 bridgehead atoms. The van der Waals surface area contributed by atoms with Crippen molar-refractivity contribution >= 4 is 17.5 Å². The van der Waals surface area contributed by atoms with Crippen LogP contribution in [0.5, 0.6) is 0 Å². The van der Waals surface area contributed by atoms with Gasteiger partial charge < -0.3 is 14.6 Å². The Morgan fingerprint density at radius 3 is 2.32 bits per heavy atom. The number of anilines is 1. The second kappa shape index (κ2) is 9.84. The lowest BCUT2D eigenvalue weighted by molar-refractivity contribution is -0.130. The first-order chi connectivity index (χ1) is 16.3. The van der Waals surface area contributed by atoms with E-state index in [9.17, 15) is 14.0 Å². The van der Waals surface area contributed by atoms with E-state index in [0.29, 0.717) is 24.5 Å². The first-order valence-corrected chi connectivity index (χ1v) is 11.8. The van der Waals surface area contributed by atoms with Gasteiger partial charge in [0.1, 0.15) is 17.1 Å². The molecule has 0 unspecified atom stereocenters. The number of aryl methyl sites for hydroxylation is 2. The number of nitrogens with one attached hydrogen (secondary N) is 1. The number of benzene rings is 2. The highest BCUT2D eigenvalue weighted by Gasteiger charge is 2.49. The predicted molar refractivity (Wildman–Crippen MR) is 130 cm³/mol. The Kier molecular flexibility index (Phi) is 6.87. The maximum atomic E-state index is 14.7. The second-order valence-corrected chi connectivity index (χ2v) is 9.39. The molecule has 5 nitrogen and oxygen atoms in total. The van der Waals surface area contributed by atoms with E-state index in [4.69, 9.17) is 4.42 Å². The molecule has 0 radical (unpaired) electrons. The highest BCUT2D eigenvalue weighted by Crippen LogP contribution is 2.40. The van der Waals surface area contributed by atoms with Crippen molar-refractivity contribution in [3.8, 4) is 0 Å². The molecule has 1 aromatic heterocycles. The number of amides is 2. The molecular weight excluding hydrogens is 431 g/mol. The van der Waals surface area contributed by atoms with Crippen molar-refractivity contribution in [3.63, 3.8) is 0 Å². The minimum absolute atomic E-state index is 0.0491. The molecule has 2 aromatic carbocycles. The van der Waals surface area contributed by atoms with Crippen LogP contribution in [0.1, 0.15) is 59.9 Å². The zero-order chi connectivity index (χ0) is 24.3. The maximum Gasteiger partial charge on any atom is 0.258 e. The van der Waals surface area contributed by atoms with Crippen molar-refractivity contribution in [3.05, 3.63) is 89.1 Å². The summed E-state index contributed by atoms with van der Waals surface area (Å²) in [6, 6.07) is 15.3. The first-order valence-electron chi connectivity index (χ1n) is 11.8. The van der Waals surface area contributed by atoms with Crippen LogP contribution < -0.4 is 5.32 Å². The van der Waals surface area contributed by atoms with E-state index in [0.717, 1.165) is 29.7 Å². The van der Waals surface area contributed by atoms with E-state index in [1.54, 1.807) is 24.3 Å². The Morgan fingerprint density at radius 2 is 1.71 bits per heavy atom. The van der Waals surface area contributed by atoms with Crippen molar-refractivity contribution in [2.24, 2.45) is 5.92 Å². The molecule has 0 saturated heterocycles. The SMILES string of the molecule is Cc1cccc(C)c1NC(=O)C1(N(Cc2ccco2)C(=O)c2ccccc2F)CCC(C)CC1. The van der Waals surface area contributed by atoms with Crippen molar-refractivity contribution in [2.75, 3.05) is 5.32 Å². The zero-order valence-electron chi connectivity index (χ0n) is 19.9. The smallest absolute Gasteiger partial charge is 0.258 e. The van der Waals surface area contributed by atoms with Crippen LogP contribution in [0.15, 0.2) is 65.3 Å². The average molecular weight is 463 g/mol. The van der Waals surface area contributed by atoms with Crippen molar-refractivity contribution in [2.45, 2.75) is 58.5 Å². The van der Waals surface area contributed by atoms with Crippen molar-refractivity contribution in [1.29, 1.82) is 0 Å². The molecule has 3 aromatic rings. The topological polar surface area (TPSA) is 62.6 Å². The summed E-state index contributed by atoms with van der Waals surface area (Å²) in [7, 11) is 0. The molecule has 1 aliphatic carbocycles. The summed E-state index contributed by atoms with van der Waals surface area (Å²) in [6.45, 7) is 6.13. The zero-order valence-corrected chi connectivity index (χ0v) is 19.9. The molecule has 1 fully saturated rings. The standard InChI is InChI=1S/C28H31FN2O3/c1-19-13-15-28(16-14-19,27(33)30-25-20(2)8-6-9-21(25)3)31(18-22-10-7-17-34-22)26(32)23-11-4-5-12-24(23)29/h4-12,17,19H,13-16,18H2,1-3H3,(H,30,33). The minimum atomic E-state index is -1.13. The lowest BCUT2D eigenvalue weighted by atomic mass is 9.74. The summed E-state index contributed by atoms with van der Waals surface area (Å²) in [6.07, 6.45) is 4.10. The number of hydrogen-bond acceptors (Lipinski definition) is 3. The third kappa shape index (κ3) is 4.63. The van der Waals surface area contributed by atoms with Gasteiger partial charge in [0.2, 0.25) is 5.91 Å². The molecule has 0 aliphatic heterocycles. The largest absolute Gasteiger partial charge is 0.467 e. The van der Waals surface area contributed by atoms with Gasteiger partial charge in [-0.05, 0) is 80.8 Å². The molecule has 178 valence electrons. The molecule has 0 spiro atoms. The quantitative estimate of drug-likeness (QED) is 0.470. The maximum absolute atomic E-state index is 14.7. The number of halogens is 1. The van der Waals surface area contributed by atoms with E-state index in [-0.39, 0.29) is 18.0 Å². The fraction of sp³-hybridized carbons (Fsp3) is 0.357. The number of hydrogen-bond donors (Lipinski definition) is 1. The number of furan rings is 1. The molecule has 1 aliphatic rings.